The Morgan fingerprint density at radius 2 is 1.56 bits per heavy atom. The van der Waals surface area contributed by atoms with Crippen molar-refractivity contribution in [3.05, 3.63) is 138 Å². The largest absolute Gasteiger partial charge is 0.457 e. The highest BCUT2D eigenvalue weighted by Crippen LogP contribution is 2.43. The second-order valence-electron chi connectivity index (χ2n) is 9.67. The SMILES string of the molecule is Cc1cc([C@H]2[C@H](c3ccccn3)NC(=S)N2c2ccc(Oc3ccccc3)cc2)c(C)n1Cc1ccncc1. The lowest BCUT2D eigenvalue weighted by Gasteiger charge is -2.28. The Morgan fingerprint density at radius 3 is 2.28 bits per heavy atom. The van der Waals surface area contributed by atoms with E-state index in [0.717, 1.165) is 29.4 Å². The van der Waals surface area contributed by atoms with Gasteiger partial charge in [0, 0.05) is 42.2 Å². The Bertz CT molecular complexity index is 1570. The summed E-state index contributed by atoms with van der Waals surface area (Å²) in [6, 6.07) is 30.2. The van der Waals surface area contributed by atoms with Gasteiger partial charge in [-0.2, -0.15) is 0 Å². The summed E-state index contributed by atoms with van der Waals surface area (Å²) in [5, 5.41) is 4.25. The maximum Gasteiger partial charge on any atom is 0.174 e. The molecule has 2 atom stereocenters. The van der Waals surface area contributed by atoms with Crippen molar-refractivity contribution in [2.45, 2.75) is 32.5 Å². The molecule has 0 aliphatic carbocycles. The molecular formula is C32H29N5OS. The monoisotopic (exact) mass is 531 g/mol. The highest BCUT2D eigenvalue weighted by molar-refractivity contribution is 7.80. The van der Waals surface area contributed by atoms with Crippen LogP contribution in [0.3, 0.4) is 0 Å². The summed E-state index contributed by atoms with van der Waals surface area (Å²) in [4.78, 5) is 11.1. The minimum atomic E-state index is -0.103. The van der Waals surface area contributed by atoms with Gasteiger partial charge in [0.1, 0.15) is 11.5 Å². The van der Waals surface area contributed by atoms with Crippen LogP contribution >= 0.6 is 12.2 Å². The summed E-state index contributed by atoms with van der Waals surface area (Å²) in [7, 11) is 0. The van der Waals surface area contributed by atoms with Crippen molar-refractivity contribution in [1.82, 2.24) is 19.9 Å². The van der Waals surface area contributed by atoms with Crippen LogP contribution in [-0.4, -0.2) is 19.6 Å². The van der Waals surface area contributed by atoms with Gasteiger partial charge in [-0.25, -0.2) is 0 Å². The zero-order chi connectivity index (χ0) is 26.8. The number of nitrogens with zero attached hydrogens (tertiary/aromatic N) is 4. The number of para-hydroxylation sites is 1. The normalized spacial score (nSPS) is 16.8. The zero-order valence-electron chi connectivity index (χ0n) is 21.9. The molecule has 0 radical (unpaired) electrons. The summed E-state index contributed by atoms with van der Waals surface area (Å²) in [5.41, 5.74) is 6.78. The fourth-order valence-corrected chi connectivity index (χ4v) is 5.64. The van der Waals surface area contributed by atoms with Crippen LogP contribution in [0.25, 0.3) is 0 Å². The third-order valence-corrected chi connectivity index (χ3v) is 7.53. The molecule has 1 aliphatic rings. The molecule has 1 N–H and O–H groups in total. The summed E-state index contributed by atoms with van der Waals surface area (Å²) in [5.74, 6) is 1.58. The molecule has 1 saturated heterocycles. The van der Waals surface area contributed by atoms with Crippen LogP contribution < -0.4 is 15.0 Å². The quantitative estimate of drug-likeness (QED) is 0.230. The van der Waals surface area contributed by atoms with Crippen LogP contribution in [0, 0.1) is 13.8 Å². The van der Waals surface area contributed by atoms with Crippen LogP contribution in [0.2, 0.25) is 0 Å². The minimum Gasteiger partial charge on any atom is -0.457 e. The molecule has 4 heterocycles. The Morgan fingerprint density at radius 1 is 0.846 bits per heavy atom. The number of anilines is 1. The van der Waals surface area contributed by atoms with E-state index in [1.165, 1.54) is 22.5 Å². The average molecular weight is 532 g/mol. The van der Waals surface area contributed by atoms with E-state index < -0.39 is 0 Å². The number of nitrogens with one attached hydrogen (secondary N) is 1. The number of benzene rings is 2. The number of rotatable bonds is 7. The first kappa shape index (κ1) is 24.8. The fourth-order valence-electron chi connectivity index (χ4n) is 5.29. The third-order valence-electron chi connectivity index (χ3n) is 7.21. The number of hydrogen-bond acceptors (Lipinski definition) is 4. The van der Waals surface area contributed by atoms with E-state index in [1.54, 1.807) is 0 Å². The first-order valence-corrected chi connectivity index (χ1v) is 13.4. The lowest BCUT2D eigenvalue weighted by atomic mass is 9.96. The molecule has 0 bridgehead atoms. The highest BCUT2D eigenvalue weighted by atomic mass is 32.1. The Kier molecular flexibility index (Phi) is 6.82. The van der Waals surface area contributed by atoms with Crippen molar-refractivity contribution >= 4 is 23.0 Å². The van der Waals surface area contributed by atoms with Crippen molar-refractivity contribution in [3.8, 4) is 11.5 Å². The van der Waals surface area contributed by atoms with Gasteiger partial charge in [-0.3, -0.25) is 9.97 Å². The topological polar surface area (TPSA) is 55.2 Å². The summed E-state index contributed by atoms with van der Waals surface area (Å²) in [6.45, 7) is 5.13. The maximum atomic E-state index is 6.03. The molecule has 39 heavy (non-hydrogen) atoms. The molecule has 194 valence electrons. The molecule has 0 saturated carbocycles. The molecule has 5 aromatic rings. The number of ether oxygens (including phenoxy) is 1. The van der Waals surface area contributed by atoms with Crippen LogP contribution in [0.1, 0.15) is 40.3 Å². The van der Waals surface area contributed by atoms with Gasteiger partial charge in [0.25, 0.3) is 0 Å². The van der Waals surface area contributed by atoms with Gasteiger partial charge in [0.15, 0.2) is 5.11 Å². The number of aromatic nitrogens is 3. The minimum absolute atomic E-state index is 0.0781. The predicted molar refractivity (Wildman–Crippen MR) is 158 cm³/mol. The Labute approximate surface area is 233 Å². The smallest absolute Gasteiger partial charge is 0.174 e. The van der Waals surface area contributed by atoms with Crippen LogP contribution in [0.15, 0.2) is 110 Å². The number of pyridine rings is 2. The molecule has 1 aliphatic heterocycles. The van der Waals surface area contributed by atoms with Gasteiger partial charge < -0.3 is 19.5 Å². The lowest BCUT2D eigenvalue weighted by Crippen LogP contribution is -2.29. The van der Waals surface area contributed by atoms with Crippen LogP contribution in [0.5, 0.6) is 11.5 Å². The molecule has 6 rings (SSSR count). The summed E-state index contributed by atoms with van der Waals surface area (Å²) >= 11 is 5.94. The van der Waals surface area contributed by atoms with Gasteiger partial charge in [0.05, 0.1) is 17.8 Å². The van der Waals surface area contributed by atoms with Crippen molar-refractivity contribution in [3.63, 3.8) is 0 Å². The van der Waals surface area contributed by atoms with E-state index in [-0.39, 0.29) is 12.1 Å². The standard InChI is InChI=1S/C32H29N5OS/c1-22-20-28(23(2)36(22)21-24-15-18-33-19-16-24)31-30(29-10-6-7-17-34-29)35-32(39)37(31)25-11-13-27(14-12-25)38-26-8-4-3-5-9-26/h3-20,30-31H,21H2,1-2H3,(H,35,39)/t30-,31-/m0/s1. The van der Waals surface area contributed by atoms with Crippen LogP contribution in [-0.2, 0) is 6.54 Å². The van der Waals surface area contributed by atoms with E-state index >= 15 is 0 Å². The first-order valence-electron chi connectivity index (χ1n) is 13.0. The molecule has 6 nitrogen and oxygen atoms in total. The van der Waals surface area contributed by atoms with Crippen molar-refractivity contribution in [1.29, 1.82) is 0 Å². The molecule has 2 aromatic carbocycles. The fraction of sp³-hybridized carbons (Fsp3) is 0.156. The second kappa shape index (κ2) is 10.7. The van der Waals surface area contributed by atoms with E-state index in [2.05, 4.69) is 70.0 Å². The number of aryl methyl sites for hydroxylation is 1. The van der Waals surface area contributed by atoms with Crippen molar-refractivity contribution < 1.29 is 4.74 Å². The van der Waals surface area contributed by atoms with Gasteiger partial charge in [-0.1, -0.05) is 24.3 Å². The molecule has 0 amide bonds. The Hall–Kier alpha value is -4.49. The zero-order valence-corrected chi connectivity index (χ0v) is 22.7. The van der Waals surface area contributed by atoms with E-state index in [0.29, 0.717) is 5.11 Å². The lowest BCUT2D eigenvalue weighted by molar-refractivity contribution is 0.482. The van der Waals surface area contributed by atoms with Gasteiger partial charge >= 0.3 is 0 Å². The summed E-state index contributed by atoms with van der Waals surface area (Å²) < 4.78 is 8.39. The van der Waals surface area contributed by atoms with Gasteiger partial charge in [-0.15, -0.1) is 0 Å². The second-order valence-corrected chi connectivity index (χ2v) is 10.1. The van der Waals surface area contributed by atoms with Gasteiger partial charge in [-0.05, 0) is 104 Å². The predicted octanol–water partition coefficient (Wildman–Crippen LogP) is 6.91. The van der Waals surface area contributed by atoms with Crippen LogP contribution in [0.4, 0.5) is 5.69 Å². The Balaban J connectivity index is 1.38. The number of hydrogen-bond donors (Lipinski definition) is 1. The third kappa shape index (κ3) is 5.01. The van der Waals surface area contributed by atoms with E-state index in [9.17, 15) is 0 Å². The molecular weight excluding hydrogens is 502 g/mol. The average Bonchev–Trinajstić information content (AvgIpc) is 3.46. The molecule has 1 fully saturated rings. The van der Waals surface area contributed by atoms with Crippen molar-refractivity contribution in [2.75, 3.05) is 4.90 Å². The van der Waals surface area contributed by atoms with E-state index in [4.69, 9.17) is 21.9 Å². The first-order chi connectivity index (χ1) is 19.1. The van der Waals surface area contributed by atoms with Gasteiger partial charge in [0.2, 0.25) is 0 Å². The maximum absolute atomic E-state index is 6.03. The van der Waals surface area contributed by atoms with Crippen molar-refractivity contribution in [2.24, 2.45) is 0 Å². The molecule has 0 spiro atoms. The molecule has 0 unspecified atom stereocenters. The molecule has 7 heteroatoms. The summed E-state index contributed by atoms with van der Waals surface area (Å²) in [6.07, 6.45) is 5.52. The van der Waals surface area contributed by atoms with E-state index in [1.807, 2.05) is 73.2 Å². The highest BCUT2D eigenvalue weighted by Gasteiger charge is 2.42. The molecule has 3 aromatic heterocycles. The number of thiocarbonyl (C=S) groups is 1.